The number of guanidine groups is 1. The summed E-state index contributed by atoms with van der Waals surface area (Å²) in [6.07, 6.45) is -4.35. The van der Waals surface area contributed by atoms with E-state index < -0.39 is 11.7 Å². The lowest BCUT2D eigenvalue weighted by molar-refractivity contribution is -0.137. The van der Waals surface area contributed by atoms with E-state index in [2.05, 4.69) is 15.6 Å². The van der Waals surface area contributed by atoms with Gasteiger partial charge in [-0.2, -0.15) is 13.2 Å². The predicted molar refractivity (Wildman–Crippen MR) is 115 cm³/mol. The summed E-state index contributed by atoms with van der Waals surface area (Å²) in [4.78, 5) is 4.08. The normalized spacial score (nSPS) is 11.4. The van der Waals surface area contributed by atoms with Gasteiger partial charge in [0.05, 0.1) is 19.8 Å². The Morgan fingerprint density at radius 3 is 1.86 bits per heavy atom. The fourth-order valence-electron chi connectivity index (χ4n) is 2.45. The monoisotopic (exact) mass is 525 g/mol. The van der Waals surface area contributed by atoms with Crippen molar-refractivity contribution in [3.63, 3.8) is 0 Å². The average Bonchev–Trinajstić information content (AvgIpc) is 2.68. The van der Waals surface area contributed by atoms with Gasteiger partial charge < -0.3 is 25.2 Å². The van der Waals surface area contributed by atoms with Crippen LogP contribution in [0.3, 0.4) is 0 Å². The number of phenolic OH excluding ortho intramolecular Hbond substituents is 1. The number of phenols is 1. The minimum Gasteiger partial charge on any atom is -0.502 e. The summed E-state index contributed by atoms with van der Waals surface area (Å²) < 4.78 is 48.0. The van der Waals surface area contributed by atoms with E-state index in [9.17, 15) is 18.3 Å². The van der Waals surface area contributed by atoms with E-state index in [1.807, 2.05) is 0 Å². The van der Waals surface area contributed by atoms with E-state index in [4.69, 9.17) is 9.47 Å². The number of benzene rings is 2. The van der Waals surface area contributed by atoms with Crippen LogP contribution in [0.1, 0.15) is 16.7 Å². The van der Waals surface area contributed by atoms with E-state index in [0.717, 1.165) is 17.7 Å². The summed E-state index contributed by atoms with van der Waals surface area (Å²) in [5.41, 5.74) is 0.780. The standard InChI is InChI=1S/C19H22F3N3O3.HI/c1-23-18(24-10-12-4-6-14(7-5-12)19(20,21)22)25-11-13-8-15(27-2)17(26)16(9-13)28-3;/h4-9,26H,10-11H2,1-3H3,(H2,23,24,25);1H. The van der Waals surface area contributed by atoms with Crippen LogP contribution in [0.25, 0.3) is 0 Å². The molecule has 0 bridgehead atoms. The number of ether oxygens (including phenoxy) is 2. The number of methoxy groups -OCH3 is 2. The Hall–Kier alpha value is -2.37. The number of rotatable bonds is 6. The van der Waals surface area contributed by atoms with E-state index in [-0.39, 0.29) is 41.2 Å². The Morgan fingerprint density at radius 1 is 0.966 bits per heavy atom. The molecule has 0 aliphatic rings. The largest absolute Gasteiger partial charge is 0.502 e. The summed E-state index contributed by atoms with van der Waals surface area (Å²) in [7, 11) is 4.46. The van der Waals surface area contributed by atoms with Crippen LogP contribution in [0.4, 0.5) is 13.2 Å². The van der Waals surface area contributed by atoms with Crippen LogP contribution in [0, 0.1) is 0 Å². The third kappa shape index (κ3) is 6.87. The first-order valence-corrected chi connectivity index (χ1v) is 8.33. The number of aliphatic imine (C=N–C) groups is 1. The van der Waals surface area contributed by atoms with Crippen LogP contribution in [0.5, 0.6) is 17.2 Å². The zero-order chi connectivity index (χ0) is 20.7. The molecular formula is C19H23F3IN3O3. The molecule has 0 aromatic heterocycles. The molecule has 0 unspecified atom stereocenters. The van der Waals surface area contributed by atoms with Crippen molar-refractivity contribution in [3.8, 4) is 17.2 Å². The first kappa shape index (κ1) is 24.7. The minimum atomic E-state index is -4.35. The van der Waals surface area contributed by atoms with Gasteiger partial charge in [0, 0.05) is 20.1 Å². The van der Waals surface area contributed by atoms with Gasteiger partial charge >= 0.3 is 6.18 Å². The molecule has 160 valence electrons. The summed E-state index contributed by atoms with van der Waals surface area (Å²) in [6, 6.07) is 8.24. The molecule has 0 saturated carbocycles. The molecular weight excluding hydrogens is 502 g/mol. The van der Waals surface area contributed by atoms with Gasteiger partial charge in [0.2, 0.25) is 5.75 Å². The average molecular weight is 525 g/mol. The zero-order valence-corrected chi connectivity index (χ0v) is 18.5. The highest BCUT2D eigenvalue weighted by Crippen LogP contribution is 2.37. The van der Waals surface area contributed by atoms with Gasteiger partial charge in [-0.05, 0) is 35.4 Å². The second-order valence-corrected chi connectivity index (χ2v) is 5.82. The summed E-state index contributed by atoms with van der Waals surface area (Å²) in [5, 5.41) is 16.0. The Bertz CT molecular complexity index is 803. The van der Waals surface area contributed by atoms with Crippen molar-refractivity contribution in [1.29, 1.82) is 0 Å². The molecule has 0 saturated heterocycles. The van der Waals surface area contributed by atoms with E-state index in [1.165, 1.54) is 26.4 Å². The van der Waals surface area contributed by atoms with Crippen molar-refractivity contribution in [1.82, 2.24) is 10.6 Å². The molecule has 10 heteroatoms. The Labute approximate surface area is 184 Å². The molecule has 0 heterocycles. The highest BCUT2D eigenvalue weighted by Gasteiger charge is 2.29. The van der Waals surface area contributed by atoms with Gasteiger partial charge in [-0.15, -0.1) is 24.0 Å². The van der Waals surface area contributed by atoms with Crippen LogP contribution in [-0.2, 0) is 19.3 Å². The second-order valence-electron chi connectivity index (χ2n) is 5.82. The number of hydrogen-bond acceptors (Lipinski definition) is 4. The van der Waals surface area contributed by atoms with Crippen molar-refractivity contribution in [3.05, 3.63) is 53.1 Å². The zero-order valence-electron chi connectivity index (χ0n) is 16.1. The molecule has 2 rings (SSSR count). The maximum Gasteiger partial charge on any atom is 0.416 e. The lowest BCUT2D eigenvalue weighted by Gasteiger charge is -2.15. The fraction of sp³-hybridized carbons (Fsp3) is 0.316. The number of aromatic hydroxyl groups is 1. The molecule has 3 N–H and O–H groups in total. The molecule has 0 aliphatic heterocycles. The molecule has 6 nitrogen and oxygen atoms in total. The smallest absolute Gasteiger partial charge is 0.416 e. The maximum atomic E-state index is 12.6. The number of halogens is 4. The van der Waals surface area contributed by atoms with Crippen molar-refractivity contribution in [2.24, 2.45) is 4.99 Å². The van der Waals surface area contributed by atoms with Crippen LogP contribution < -0.4 is 20.1 Å². The van der Waals surface area contributed by atoms with E-state index in [0.29, 0.717) is 24.6 Å². The minimum absolute atomic E-state index is 0. The fourth-order valence-corrected chi connectivity index (χ4v) is 2.45. The number of nitrogens with one attached hydrogen (secondary N) is 2. The van der Waals surface area contributed by atoms with Crippen LogP contribution in [-0.4, -0.2) is 32.3 Å². The number of hydrogen-bond donors (Lipinski definition) is 3. The van der Waals surface area contributed by atoms with Gasteiger partial charge in [-0.1, -0.05) is 12.1 Å². The molecule has 0 spiro atoms. The number of alkyl halides is 3. The molecule has 0 fully saturated rings. The third-order valence-electron chi connectivity index (χ3n) is 3.96. The second kappa shape index (κ2) is 11.0. The first-order chi connectivity index (χ1) is 13.3. The molecule has 2 aromatic carbocycles. The van der Waals surface area contributed by atoms with Crippen molar-refractivity contribution < 1.29 is 27.8 Å². The Kier molecular flexibility index (Phi) is 9.34. The highest BCUT2D eigenvalue weighted by atomic mass is 127. The van der Waals surface area contributed by atoms with Crippen LogP contribution in [0.15, 0.2) is 41.4 Å². The summed E-state index contributed by atoms with van der Waals surface area (Å²) >= 11 is 0. The number of nitrogens with zero attached hydrogens (tertiary/aromatic N) is 1. The molecule has 0 radical (unpaired) electrons. The van der Waals surface area contributed by atoms with Crippen molar-refractivity contribution in [2.75, 3.05) is 21.3 Å². The SMILES string of the molecule is CN=C(NCc1ccc(C(F)(F)F)cc1)NCc1cc(OC)c(O)c(OC)c1.I. The van der Waals surface area contributed by atoms with Crippen molar-refractivity contribution >= 4 is 29.9 Å². The van der Waals surface area contributed by atoms with Gasteiger partial charge in [0.15, 0.2) is 17.5 Å². The lowest BCUT2D eigenvalue weighted by atomic mass is 10.1. The first-order valence-electron chi connectivity index (χ1n) is 8.33. The molecule has 0 amide bonds. The summed E-state index contributed by atoms with van der Waals surface area (Å²) in [5.74, 6) is 0.942. The lowest BCUT2D eigenvalue weighted by Crippen LogP contribution is -2.36. The topological polar surface area (TPSA) is 75.1 Å². The van der Waals surface area contributed by atoms with Crippen LogP contribution >= 0.6 is 24.0 Å². The molecule has 0 aliphatic carbocycles. The predicted octanol–water partition coefficient (Wildman–Crippen LogP) is 3.91. The van der Waals surface area contributed by atoms with Gasteiger partial charge in [-0.3, -0.25) is 4.99 Å². The van der Waals surface area contributed by atoms with E-state index in [1.54, 1.807) is 19.2 Å². The van der Waals surface area contributed by atoms with Gasteiger partial charge in [0.25, 0.3) is 0 Å². The van der Waals surface area contributed by atoms with Gasteiger partial charge in [-0.25, -0.2) is 0 Å². The van der Waals surface area contributed by atoms with Crippen molar-refractivity contribution in [2.45, 2.75) is 19.3 Å². The Morgan fingerprint density at radius 2 is 1.45 bits per heavy atom. The molecule has 2 aromatic rings. The van der Waals surface area contributed by atoms with Gasteiger partial charge in [0.1, 0.15) is 0 Å². The van der Waals surface area contributed by atoms with E-state index >= 15 is 0 Å². The molecule has 29 heavy (non-hydrogen) atoms. The Balaban J connectivity index is 0.00000420. The highest BCUT2D eigenvalue weighted by molar-refractivity contribution is 14.0. The third-order valence-corrected chi connectivity index (χ3v) is 3.96. The summed E-state index contributed by atoms with van der Waals surface area (Å²) in [6.45, 7) is 0.666. The quantitative estimate of drug-likeness (QED) is 0.303. The maximum absolute atomic E-state index is 12.6. The van der Waals surface area contributed by atoms with Crippen LogP contribution in [0.2, 0.25) is 0 Å². The molecule has 0 atom stereocenters.